The molecule has 0 N–H and O–H groups in total. The summed E-state index contributed by atoms with van der Waals surface area (Å²) in [6, 6.07) is 8.30. The van der Waals surface area contributed by atoms with E-state index in [0.29, 0.717) is 5.92 Å². The average molecular weight is 285 g/mol. The minimum atomic E-state index is 0.691. The SMILES string of the molecule is COc1ccccc1CC(CBr)CC(C)C. The van der Waals surface area contributed by atoms with E-state index < -0.39 is 0 Å². The van der Waals surface area contributed by atoms with Crippen LogP contribution in [0.1, 0.15) is 25.8 Å². The topological polar surface area (TPSA) is 9.23 Å². The summed E-state index contributed by atoms with van der Waals surface area (Å²) in [5.41, 5.74) is 1.31. The molecule has 1 aromatic carbocycles. The van der Waals surface area contributed by atoms with Gasteiger partial charge in [-0.3, -0.25) is 0 Å². The standard InChI is InChI=1S/C14H21BrO/c1-11(2)8-12(10-15)9-13-6-4-5-7-14(13)16-3/h4-7,11-12H,8-10H2,1-3H3. The van der Waals surface area contributed by atoms with Gasteiger partial charge in [0.25, 0.3) is 0 Å². The molecule has 1 rings (SSSR count). The number of alkyl halides is 1. The summed E-state index contributed by atoms with van der Waals surface area (Å²) in [7, 11) is 1.74. The number of ether oxygens (including phenoxy) is 1. The maximum absolute atomic E-state index is 5.38. The van der Waals surface area contributed by atoms with E-state index in [4.69, 9.17) is 4.74 Å². The van der Waals surface area contributed by atoms with Crippen molar-refractivity contribution in [2.24, 2.45) is 11.8 Å². The molecule has 0 saturated heterocycles. The molecule has 1 aromatic rings. The maximum Gasteiger partial charge on any atom is 0.122 e. The van der Waals surface area contributed by atoms with Crippen LogP contribution < -0.4 is 4.74 Å². The van der Waals surface area contributed by atoms with Crippen LogP contribution in [-0.4, -0.2) is 12.4 Å². The zero-order valence-electron chi connectivity index (χ0n) is 10.4. The van der Waals surface area contributed by atoms with Crippen LogP contribution in [0.4, 0.5) is 0 Å². The quantitative estimate of drug-likeness (QED) is 0.708. The van der Waals surface area contributed by atoms with Crippen LogP contribution in [0, 0.1) is 11.8 Å². The van der Waals surface area contributed by atoms with Gasteiger partial charge in [0, 0.05) is 5.33 Å². The van der Waals surface area contributed by atoms with Crippen LogP contribution >= 0.6 is 15.9 Å². The van der Waals surface area contributed by atoms with Gasteiger partial charge in [0.2, 0.25) is 0 Å². The lowest BCUT2D eigenvalue weighted by molar-refractivity contribution is 0.397. The molecule has 0 aromatic heterocycles. The molecule has 90 valence electrons. The summed E-state index contributed by atoms with van der Waals surface area (Å²) in [4.78, 5) is 0. The van der Waals surface area contributed by atoms with E-state index in [-0.39, 0.29) is 0 Å². The third kappa shape index (κ3) is 4.17. The van der Waals surface area contributed by atoms with Crippen LogP contribution in [0.5, 0.6) is 5.75 Å². The van der Waals surface area contributed by atoms with E-state index in [1.165, 1.54) is 12.0 Å². The molecule has 1 unspecified atom stereocenters. The number of hydrogen-bond donors (Lipinski definition) is 0. The van der Waals surface area contributed by atoms with Gasteiger partial charge in [0.15, 0.2) is 0 Å². The second-order valence-corrected chi connectivity index (χ2v) is 5.31. The first-order valence-corrected chi connectivity index (χ1v) is 6.97. The van der Waals surface area contributed by atoms with Gasteiger partial charge in [0.1, 0.15) is 5.75 Å². The Morgan fingerprint density at radius 3 is 2.50 bits per heavy atom. The molecule has 16 heavy (non-hydrogen) atoms. The van der Waals surface area contributed by atoms with E-state index in [1.807, 2.05) is 12.1 Å². The van der Waals surface area contributed by atoms with Crippen molar-refractivity contribution in [3.05, 3.63) is 29.8 Å². The fourth-order valence-electron chi connectivity index (χ4n) is 2.05. The monoisotopic (exact) mass is 284 g/mol. The summed E-state index contributed by atoms with van der Waals surface area (Å²) < 4.78 is 5.38. The summed E-state index contributed by atoms with van der Waals surface area (Å²) in [6.45, 7) is 4.55. The Balaban J connectivity index is 2.69. The van der Waals surface area contributed by atoms with Crippen LogP contribution in [0.25, 0.3) is 0 Å². The molecule has 0 aliphatic carbocycles. The highest BCUT2D eigenvalue weighted by Gasteiger charge is 2.12. The van der Waals surface area contributed by atoms with Crippen molar-refractivity contribution in [1.82, 2.24) is 0 Å². The molecule has 0 aliphatic rings. The molecule has 0 spiro atoms. The normalized spacial score (nSPS) is 12.8. The Morgan fingerprint density at radius 1 is 1.25 bits per heavy atom. The lowest BCUT2D eigenvalue weighted by Crippen LogP contribution is -2.10. The number of rotatable bonds is 6. The Kier molecular flexibility index (Phi) is 5.89. The van der Waals surface area contributed by atoms with Gasteiger partial charge >= 0.3 is 0 Å². The van der Waals surface area contributed by atoms with Crippen LogP contribution in [0.15, 0.2) is 24.3 Å². The van der Waals surface area contributed by atoms with Crippen molar-refractivity contribution < 1.29 is 4.74 Å². The largest absolute Gasteiger partial charge is 0.496 e. The first kappa shape index (κ1) is 13.6. The molecule has 2 heteroatoms. The molecule has 1 nitrogen and oxygen atoms in total. The summed E-state index contributed by atoms with van der Waals surface area (Å²) in [5, 5.41) is 1.06. The number of hydrogen-bond acceptors (Lipinski definition) is 1. The molecule has 0 amide bonds. The van der Waals surface area contributed by atoms with E-state index >= 15 is 0 Å². The first-order valence-electron chi connectivity index (χ1n) is 5.85. The van der Waals surface area contributed by atoms with Gasteiger partial charge in [0.05, 0.1) is 7.11 Å². The van der Waals surface area contributed by atoms with E-state index in [2.05, 4.69) is 41.9 Å². The molecule has 0 bridgehead atoms. The van der Waals surface area contributed by atoms with Crippen molar-refractivity contribution in [2.75, 3.05) is 12.4 Å². The predicted octanol–water partition coefficient (Wildman–Crippen LogP) is 4.29. The van der Waals surface area contributed by atoms with E-state index in [0.717, 1.165) is 23.4 Å². The van der Waals surface area contributed by atoms with Gasteiger partial charge in [-0.25, -0.2) is 0 Å². The van der Waals surface area contributed by atoms with Gasteiger partial charge in [-0.1, -0.05) is 48.0 Å². The molecule has 0 heterocycles. The van der Waals surface area contributed by atoms with Crippen molar-refractivity contribution in [3.8, 4) is 5.75 Å². The highest BCUT2D eigenvalue weighted by Crippen LogP contribution is 2.25. The van der Waals surface area contributed by atoms with Gasteiger partial charge < -0.3 is 4.74 Å². The van der Waals surface area contributed by atoms with E-state index in [9.17, 15) is 0 Å². The molecule has 0 aliphatic heterocycles. The Bertz CT molecular complexity index is 309. The Morgan fingerprint density at radius 2 is 1.94 bits per heavy atom. The number of methoxy groups -OCH3 is 1. The fraction of sp³-hybridized carbons (Fsp3) is 0.571. The fourth-order valence-corrected chi connectivity index (χ4v) is 2.54. The molecule has 0 saturated carbocycles. The third-order valence-corrected chi connectivity index (χ3v) is 3.64. The maximum atomic E-state index is 5.38. The molecular formula is C14H21BrO. The first-order chi connectivity index (χ1) is 7.67. The van der Waals surface area contributed by atoms with Crippen LogP contribution in [0.2, 0.25) is 0 Å². The van der Waals surface area contributed by atoms with Gasteiger partial charge in [-0.05, 0) is 36.3 Å². The van der Waals surface area contributed by atoms with Crippen molar-refractivity contribution in [3.63, 3.8) is 0 Å². The molecule has 1 atom stereocenters. The van der Waals surface area contributed by atoms with Crippen LogP contribution in [-0.2, 0) is 6.42 Å². The van der Waals surface area contributed by atoms with Crippen LogP contribution in [0.3, 0.4) is 0 Å². The minimum Gasteiger partial charge on any atom is -0.496 e. The smallest absolute Gasteiger partial charge is 0.122 e. The minimum absolute atomic E-state index is 0.691. The number of benzene rings is 1. The molecule has 0 fully saturated rings. The predicted molar refractivity (Wildman–Crippen MR) is 73.4 cm³/mol. The van der Waals surface area contributed by atoms with Crippen molar-refractivity contribution in [2.45, 2.75) is 26.7 Å². The zero-order chi connectivity index (χ0) is 12.0. The second-order valence-electron chi connectivity index (χ2n) is 4.67. The van der Waals surface area contributed by atoms with Gasteiger partial charge in [-0.2, -0.15) is 0 Å². The molecular weight excluding hydrogens is 264 g/mol. The highest BCUT2D eigenvalue weighted by molar-refractivity contribution is 9.09. The lowest BCUT2D eigenvalue weighted by Gasteiger charge is -2.17. The number of halogens is 1. The van der Waals surface area contributed by atoms with Crippen molar-refractivity contribution >= 4 is 15.9 Å². The summed E-state index contributed by atoms with van der Waals surface area (Å²) >= 11 is 3.61. The van der Waals surface area contributed by atoms with Crippen molar-refractivity contribution in [1.29, 1.82) is 0 Å². The Labute approximate surface area is 107 Å². The summed E-state index contributed by atoms with van der Waals surface area (Å²) in [5.74, 6) is 2.45. The number of para-hydroxylation sites is 1. The average Bonchev–Trinajstić information content (AvgIpc) is 2.28. The molecule has 0 radical (unpaired) electrons. The third-order valence-electron chi connectivity index (χ3n) is 2.72. The summed E-state index contributed by atoms with van der Waals surface area (Å²) in [6.07, 6.45) is 2.34. The zero-order valence-corrected chi connectivity index (χ0v) is 12.0. The lowest BCUT2D eigenvalue weighted by atomic mass is 9.92. The highest BCUT2D eigenvalue weighted by atomic mass is 79.9. The Hall–Kier alpha value is -0.500. The van der Waals surface area contributed by atoms with E-state index in [1.54, 1.807) is 7.11 Å². The van der Waals surface area contributed by atoms with Gasteiger partial charge in [-0.15, -0.1) is 0 Å². The second kappa shape index (κ2) is 6.95.